The maximum atomic E-state index is 5.55. The fraction of sp³-hybridized carbons (Fsp3) is 0.444. The first-order chi connectivity index (χ1) is 8.78. The number of hydrogen-bond acceptors (Lipinski definition) is 8. The molecule has 0 bridgehead atoms. The summed E-state index contributed by atoms with van der Waals surface area (Å²) in [6, 6.07) is 0.216. The van der Waals surface area contributed by atoms with Crippen LogP contribution in [0.5, 0.6) is 6.01 Å². The zero-order valence-corrected chi connectivity index (χ0v) is 9.94. The highest BCUT2D eigenvalue weighted by atomic mass is 16.5. The summed E-state index contributed by atoms with van der Waals surface area (Å²) in [7, 11) is 0. The van der Waals surface area contributed by atoms with Gasteiger partial charge in [0.05, 0.1) is 19.3 Å². The van der Waals surface area contributed by atoms with Crippen LogP contribution in [-0.2, 0) is 6.54 Å². The van der Waals surface area contributed by atoms with Gasteiger partial charge in [0.2, 0.25) is 11.9 Å². The lowest BCUT2D eigenvalue weighted by molar-refractivity contribution is 0.312. The summed E-state index contributed by atoms with van der Waals surface area (Å²) in [5, 5.41) is 10.6. The van der Waals surface area contributed by atoms with Crippen LogP contribution in [0.4, 0.5) is 11.9 Å². The number of nitrogen functional groups attached to an aromatic ring is 1. The molecule has 9 nitrogen and oxygen atoms in total. The molecule has 0 amide bonds. The Balaban J connectivity index is 1.92. The van der Waals surface area contributed by atoms with Crippen LogP contribution in [0, 0.1) is 0 Å². The maximum absolute atomic E-state index is 5.55. The first kappa shape index (κ1) is 12.0. The molecule has 2 aromatic rings. The van der Waals surface area contributed by atoms with Crippen LogP contribution < -0.4 is 15.8 Å². The van der Waals surface area contributed by atoms with Crippen LogP contribution in [0.15, 0.2) is 12.4 Å². The maximum Gasteiger partial charge on any atom is 0.323 e. The van der Waals surface area contributed by atoms with Gasteiger partial charge in [-0.3, -0.25) is 4.68 Å². The fourth-order valence-electron chi connectivity index (χ4n) is 1.28. The summed E-state index contributed by atoms with van der Waals surface area (Å²) in [5.41, 5.74) is 5.55. The van der Waals surface area contributed by atoms with Gasteiger partial charge in [-0.25, -0.2) is 0 Å². The quantitative estimate of drug-likeness (QED) is 0.708. The lowest BCUT2D eigenvalue weighted by Crippen LogP contribution is -2.14. The minimum Gasteiger partial charge on any atom is -0.464 e. The Morgan fingerprint density at radius 3 is 3.00 bits per heavy atom. The topological polar surface area (TPSA) is 117 Å². The van der Waals surface area contributed by atoms with E-state index in [0.29, 0.717) is 25.6 Å². The van der Waals surface area contributed by atoms with Crippen LogP contribution in [0.3, 0.4) is 0 Å². The van der Waals surface area contributed by atoms with Crippen LogP contribution in [0.2, 0.25) is 0 Å². The molecule has 0 fully saturated rings. The first-order valence-corrected chi connectivity index (χ1v) is 5.50. The lowest BCUT2D eigenvalue weighted by atomic mass is 10.6. The van der Waals surface area contributed by atoms with E-state index in [4.69, 9.17) is 10.5 Å². The van der Waals surface area contributed by atoms with Crippen molar-refractivity contribution in [1.29, 1.82) is 0 Å². The second kappa shape index (κ2) is 5.75. The number of nitrogens with one attached hydrogen (secondary N) is 1. The van der Waals surface area contributed by atoms with Crippen molar-refractivity contribution in [3.63, 3.8) is 0 Å². The molecule has 0 aliphatic heterocycles. The Bertz CT molecular complexity index is 485. The summed E-state index contributed by atoms with van der Waals surface area (Å²) in [6.45, 7) is 3.56. The van der Waals surface area contributed by atoms with Crippen molar-refractivity contribution in [2.75, 3.05) is 24.2 Å². The monoisotopic (exact) mass is 250 g/mol. The van der Waals surface area contributed by atoms with Gasteiger partial charge in [0.15, 0.2) is 0 Å². The highest BCUT2D eigenvalue weighted by molar-refractivity contribution is 5.32. The molecule has 0 aliphatic rings. The van der Waals surface area contributed by atoms with Gasteiger partial charge in [0, 0.05) is 12.7 Å². The molecule has 96 valence electrons. The van der Waals surface area contributed by atoms with E-state index in [2.05, 4.69) is 30.6 Å². The fourth-order valence-corrected chi connectivity index (χ4v) is 1.28. The Morgan fingerprint density at radius 1 is 1.39 bits per heavy atom. The van der Waals surface area contributed by atoms with Crippen LogP contribution >= 0.6 is 0 Å². The molecule has 0 aromatic carbocycles. The van der Waals surface area contributed by atoms with Crippen molar-refractivity contribution in [2.45, 2.75) is 13.5 Å². The van der Waals surface area contributed by atoms with E-state index in [9.17, 15) is 0 Å². The highest BCUT2D eigenvalue weighted by Gasteiger charge is 2.04. The van der Waals surface area contributed by atoms with Crippen molar-refractivity contribution in [2.24, 2.45) is 0 Å². The zero-order chi connectivity index (χ0) is 12.8. The predicted octanol–water partition coefficient (Wildman–Crippen LogP) is -0.444. The highest BCUT2D eigenvalue weighted by Crippen LogP contribution is 2.08. The molecule has 0 spiro atoms. The van der Waals surface area contributed by atoms with Crippen molar-refractivity contribution < 1.29 is 4.74 Å². The van der Waals surface area contributed by atoms with E-state index in [1.165, 1.54) is 0 Å². The third-order valence-corrected chi connectivity index (χ3v) is 2.00. The Hall–Kier alpha value is -2.45. The normalized spacial score (nSPS) is 10.3. The zero-order valence-electron chi connectivity index (χ0n) is 9.94. The predicted molar refractivity (Wildman–Crippen MR) is 63.9 cm³/mol. The minimum absolute atomic E-state index is 0.122. The number of ether oxygens (including phenoxy) is 1. The molecule has 0 saturated heterocycles. The molecule has 2 rings (SSSR count). The molecule has 3 N–H and O–H groups in total. The molecule has 0 atom stereocenters. The Labute approximate surface area is 103 Å². The van der Waals surface area contributed by atoms with Gasteiger partial charge in [0.25, 0.3) is 0 Å². The number of anilines is 2. The van der Waals surface area contributed by atoms with Crippen LogP contribution in [0.1, 0.15) is 6.92 Å². The van der Waals surface area contributed by atoms with Gasteiger partial charge >= 0.3 is 6.01 Å². The summed E-state index contributed by atoms with van der Waals surface area (Å²) < 4.78 is 6.87. The van der Waals surface area contributed by atoms with Gasteiger partial charge in [0.1, 0.15) is 0 Å². The van der Waals surface area contributed by atoms with Crippen molar-refractivity contribution in [3.8, 4) is 6.01 Å². The van der Waals surface area contributed by atoms with E-state index in [0.717, 1.165) is 0 Å². The number of hydrogen-bond donors (Lipinski definition) is 2. The SMILES string of the molecule is CCOc1nc(N)nc(NCCn2ccnn2)n1. The van der Waals surface area contributed by atoms with E-state index in [1.54, 1.807) is 17.1 Å². The van der Waals surface area contributed by atoms with Gasteiger partial charge in [-0.05, 0) is 6.92 Å². The largest absolute Gasteiger partial charge is 0.464 e. The van der Waals surface area contributed by atoms with Gasteiger partial charge < -0.3 is 15.8 Å². The number of nitrogens with two attached hydrogens (primary N) is 1. The smallest absolute Gasteiger partial charge is 0.323 e. The standard InChI is InChI=1S/C9H14N8O/c1-2-18-9-14-7(10)13-8(15-9)11-3-5-17-6-4-12-16-17/h4,6H,2-3,5H2,1H3,(H3,10,11,13,14,15). The van der Waals surface area contributed by atoms with E-state index in [-0.39, 0.29) is 12.0 Å². The van der Waals surface area contributed by atoms with Crippen molar-refractivity contribution in [1.82, 2.24) is 29.9 Å². The Kier molecular flexibility index (Phi) is 3.84. The average Bonchev–Trinajstić information content (AvgIpc) is 2.82. The molecular weight excluding hydrogens is 236 g/mol. The molecule has 9 heteroatoms. The third kappa shape index (κ3) is 3.27. The molecular formula is C9H14N8O. The van der Waals surface area contributed by atoms with Crippen LogP contribution in [-0.4, -0.2) is 43.1 Å². The molecule has 2 heterocycles. The number of nitrogens with zero attached hydrogens (tertiary/aromatic N) is 6. The first-order valence-electron chi connectivity index (χ1n) is 5.50. The lowest BCUT2D eigenvalue weighted by Gasteiger charge is -2.06. The summed E-state index contributed by atoms with van der Waals surface area (Å²) in [6.07, 6.45) is 3.39. The van der Waals surface area contributed by atoms with Crippen LogP contribution in [0.25, 0.3) is 0 Å². The number of rotatable bonds is 6. The Morgan fingerprint density at radius 2 is 2.28 bits per heavy atom. The molecule has 18 heavy (non-hydrogen) atoms. The molecule has 0 radical (unpaired) electrons. The van der Waals surface area contributed by atoms with Gasteiger partial charge in [-0.15, -0.1) is 5.10 Å². The molecule has 0 unspecified atom stereocenters. The van der Waals surface area contributed by atoms with E-state index >= 15 is 0 Å². The van der Waals surface area contributed by atoms with E-state index < -0.39 is 0 Å². The summed E-state index contributed by atoms with van der Waals surface area (Å²) in [4.78, 5) is 11.9. The average molecular weight is 250 g/mol. The van der Waals surface area contributed by atoms with Crippen molar-refractivity contribution in [3.05, 3.63) is 12.4 Å². The number of aromatic nitrogens is 6. The molecule has 2 aromatic heterocycles. The second-order valence-electron chi connectivity index (χ2n) is 3.33. The third-order valence-electron chi connectivity index (χ3n) is 2.00. The summed E-state index contributed by atoms with van der Waals surface area (Å²) >= 11 is 0. The van der Waals surface area contributed by atoms with Crippen molar-refractivity contribution >= 4 is 11.9 Å². The minimum atomic E-state index is 0.122. The summed E-state index contributed by atoms with van der Waals surface area (Å²) in [5.74, 6) is 0.503. The second-order valence-corrected chi connectivity index (χ2v) is 3.33. The molecule has 0 aliphatic carbocycles. The van der Waals surface area contributed by atoms with E-state index in [1.807, 2.05) is 6.92 Å². The van der Waals surface area contributed by atoms with Gasteiger partial charge in [-0.2, -0.15) is 15.0 Å². The van der Waals surface area contributed by atoms with Gasteiger partial charge in [-0.1, -0.05) is 5.21 Å². The molecule has 0 saturated carbocycles.